The second-order valence-electron chi connectivity index (χ2n) is 4.63. The summed E-state index contributed by atoms with van der Waals surface area (Å²) in [4.78, 5) is 13.2. The first-order valence-corrected chi connectivity index (χ1v) is 6.20. The molecule has 0 aromatic heterocycles. The lowest BCUT2D eigenvalue weighted by atomic mass is 9.76. The van der Waals surface area contributed by atoms with Gasteiger partial charge < -0.3 is 25.4 Å². The van der Waals surface area contributed by atoms with Crippen LogP contribution in [0.3, 0.4) is 0 Å². The van der Waals surface area contributed by atoms with Crippen molar-refractivity contribution in [2.75, 3.05) is 31.1 Å². The third-order valence-electron chi connectivity index (χ3n) is 3.40. The predicted octanol–water partition coefficient (Wildman–Crippen LogP) is -1.22. The number of carboxylic acids is 1. The number of hydrogen-bond acceptors (Lipinski definition) is 5. The highest BCUT2D eigenvalue weighted by atomic mass is 16.4. The van der Waals surface area contributed by atoms with Gasteiger partial charge in [0, 0.05) is 31.9 Å². The van der Waals surface area contributed by atoms with Gasteiger partial charge in [-0.2, -0.15) is 0 Å². The second kappa shape index (κ2) is 5.60. The molecule has 0 radical (unpaired) electrons. The molecule has 4 N–H and O–H groups in total. The molecule has 0 amide bonds. The van der Waals surface area contributed by atoms with Crippen LogP contribution in [-0.4, -0.2) is 54.4 Å². The Balaban J connectivity index is 2.48. The van der Waals surface area contributed by atoms with E-state index in [0.29, 0.717) is 5.56 Å². The van der Waals surface area contributed by atoms with E-state index < -0.39 is 13.1 Å². The zero-order valence-electron chi connectivity index (χ0n) is 10.8. The van der Waals surface area contributed by atoms with Gasteiger partial charge in [-0.05, 0) is 30.1 Å². The molecule has 19 heavy (non-hydrogen) atoms. The molecule has 0 atom stereocenters. The maximum atomic E-state index is 11.1. The monoisotopic (exact) mass is 264 g/mol. The highest BCUT2D eigenvalue weighted by Crippen LogP contribution is 2.21. The minimum Gasteiger partial charge on any atom is -0.478 e. The zero-order chi connectivity index (χ0) is 14.0. The summed E-state index contributed by atoms with van der Waals surface area (Å²) in [7, 11) is -1.67. The molecule has 1 aliphatic heterocycles. The lowest BCUT2D eigenvalue weighted by Gasteiger charge is -2.31. The summed E-state index contributed by atoms with van der Waals surface area (Å²) < 4.78 is 0. The van der Waals surface area contributed by atoms with Crippen molar-refractivity contribution in [2.45, 2.75) is 6.92 Å². The number of nitrogens with zero attached hydrogens (tertiary/aromatic N) is 1. The fraction of sp³-hybridized carbons (Fsp3) is 0.417. The van der Waals surface area contributed by atoms with Gasteiger partial charge >= 0.3 is 13.1 Å². The van der Waals surface area contributed by atoms with Crippen molar-refractivity contribution in [3.63, 3.8) is 0 Å². The number of nitrogens with one attached hydrogen (secondary N) is 1. The van der Waals surface area contributed by atoms with Crippen LogP contribution < -0.4 is 15.7 Å². The zero-order valence-corrected chi connectivity index (χ0v) is 10.8. The Kier molecular flexibility index (Phi) is 4.09. The first kappa shape index (κ1) is 13.9. The summed E-state index contributed by atoms with van der Waals surface area (Å²) in [5.74, 6) is -1.07. The van der Waals surface area contributed by atoms with Crippen LogP contribution in [-0.2, 0) is 0 Å². The van der Waals surface area contributed by atoms with E-state index >= 15 is 0 Å². The molecular formula is C12H17BN2O4. The quantitative estimate of drug-likeness (QED) is 0.511. The summed E-state index contributed by atoms with van der Waals surface area (Å²) in [5, 5.41) is 31.1. The number of carbonyl (C=O) groups is 1. The van der Waals surface area contributed by atoms with E-state index in [9.17, 15) is 14.8 Å². The minimum atomic E-state index is -1.67. The van der Waals surface area contributed by atoms with Gasteiger partial charge in [-0.1, -0.05) is 0 Å². The Morgan fingerprint density at radius 1 is 1.32 bits per heavy atom. The maximum Gasteiger partial charge on any atom is 0.488 e. The van der Waals surface area contributed by atoms with Crippen molar-refractivity contribution in [1.82, 2.24) is 5.32 Å². The molecule has 6 nitrogen and oxygen atoms in total. The number of rotatable bonds is 3. The molecule has 0 saturated carbocycles. The van der Waals surface area contributed by atoms with E-state index in [2.05, 4.69) is 10.2 Å². The van der Waals surface area contributed by atoms with Crippen molar-refractivity contribution in [1.29, 1.82) is 0 Å². The Morgan fingerprint density at radius 3 is 2.47 bits per heavy atom. The molecule has 1 aliphatic rings. The number of anilines is 1. The average Bonchev–Trinajstić information content (AvgIpc) is 2.39. The smallest absolute Gasteiger partial charge is 0.478 e. The van der Waals surface area contributed by atoms with Crippen LogP contribution in [0.4, 0.5) is 5.69 Å². The average molecular weight is 264 g/mol. The van der Waals surface area contributed by atoms with Crippen LogP contribution in [0.15, 0.2) is 12.1 Å². The highest BCUT2D eigenvalue weighted by Gasteiger charge is 2.22. The first-order valence-electron chi connectivity index (χ1n) is 6.20. The number of aromatic carboxylic acids is 1. The molecule has 0 bridgehead atoms. The van der Waals surface area contributed by atoms with E-state index in [-0.39, 0.29) is 11.0 Å². The molecule has 1 saturated heterocycles. The van der Waals surface area contributed by atoms with Gasteiger partial charge in [0.1, 0.15) is 0 Å². The van der Waals surface area contributed by atoms with Crippen LogP contribution >= 0.6 is 0 Å². The lowest BCUT2D eigenvalue weighted by Crippen LogP contribution is -2.45. The van der Waals surface area contributed by atoms with Crippen LogP contribution in [0.25, 0.3) is 0 Å². The predicted molar refractivity (Wildman–Crippen MR) is 73.0 cm³/mol. The van der Waals surface area contributed by atoms with Gasteiger partial charge in [0.05, 0.1) is 5.56 Å². The summed E-state index contributed by atoms with van der Waals surface area (Å²) >= 11 is 0. The van der Waals surface area contributed by atoms with E-state index in [1.54, 1.807) is 13.0 Å². The molecule has 0 aliphatic carbocycles. The van der Waals surface area contributed by atoms with Gasteiger partial charge in [0.25, 0.3) is 0 Å². The fourth-order valence-corrected chi connectivity index (χ4v) is 2.35. The van der Waals surface area contributed by atoms with E-state index in [4.69, 9.17) is 5.11 Å². The summed E-state index contributed by atoms with van der Waals surface area (Å²) in [6, 6.07) is 2.91. The SMILES string of the molecule is Cc1c(B(O)O)cc(C(=O)O)cc1N1CCNCC1. The Hall–Kier alpha value is -1.57. The van der Waals surface area contributed by atoms with Crippen molar-refractivity contribution in [3.05, 3.63) is 23.3 Å². The number of carboxylic acid groups (broad SMARTS) is 1. The first-order chi connectivity index (χ1) is 9.00. The van der Waals surface area contributed by atoms with Crippen LogP contribution in [0.2, 0.25) is 0 Å². The normalized spacial score (nSPS) is 15.4. The molecule has 1 fully saturated rings. The highest BCUT2D eigenvalue weighted by molar-refractivity contribution is 6.59. The molecule has 7 heteroatoms. The lowest BCUT2D eigenvalue weighted by molar-refractivity contribution is 0.0697. The van der Waals surface area contributed by atoms with Gasteiger partial charge in [-0.25, -0.2) is 4.79 Å². The summed E-state index contributed by atoms with van der Waals surface area (Å²) in [6.07, 6.45) is 0. The van der Waals surface area contributed by atoms with E-state index in [0.717, 1.165) is 31.9 Å². The topological polar surface area (TPSA) is 93.0 Å². The molecule has 0 spiro atoms. The van der Waals surface area contributed by atoms with Crippen molar-refractivity contribution >= 4 is 24.2 Å². The Morgan fingerprint density at radius 2 is 1.95 bits per heavy atom. The maximum absolute atomic E-state index is 11.1. The third-order valence-corrected chi connectivity index (χ3v) is 3.40. The van der Waals surface area contributed by atoms with Crippen molar-refractivity contribution in [3.8, 4) is 0 Å². The Bertz CT molecular complexity index is 487. The number of benzene rings is 1. The van der Waals surface area contributed by atoms with Gasteiger partial charge in [0.2, 0.25) is 0 Å². The van der Waals surface area contributed by atoms with Crippen molar-refractivity contribution in [2.24, 2.45) is 0 Å². The molecule has 102 valence electrons. The molecular weight excluding hydrogens is 247 g/mol. The van der Waals surface area contributed by atoms with Gasteiger partial charge in [-0.3, -0.25) is 0 Å². The Labute approximate surface area is 111 Å². The summed E-state index contributed by atoms with van der Waals surface area (Å²) in [5.41, 5.74) is 1.78. The van der Waals surface area contributed by atoms with Gasteiger partial charge in [-0.15, -0.1) is 0 Å². The van der Waals surface area contributed by atoms with Gasteiger partial charge in [0.15, 0.2) is 0 Å². The number of hydrogen-bond donors (Lipinski definition) is 4. The second-order valence-corrected chi connectivity index (χ2v) is 4.63. The molecule has 1 aromatic carbocycles. The largest absolute Gasteiger partial charge is 0.488 e. The van der Waals surface area contributed by atoms with E-state index in [1.807, 2.05) is 0 Å². The summed E-state index contributed by atoms with van der Waals surface area (Å²) in [6.45, 7) is 4.97. The van der Waals surface area contributed by atoms with Crippen molar-refractivity contribution < 1.29 is 19.9 Å². The third kappa shape index (κ3) is 2.89. The molecule has 1 aromatic rings. The van der Waals surface area contributed by atoms with Crippen LogP contribution in [0, 0.1) is 6.92 Å². The molecule has 1 heterocycles. The standard InChI is InChI=1S/C12H17BN2O4/c1-8-10(13(18)19)6-9(12(16)17)7-11(8)15-4-2-14-3-5-15/h6-7,14,18-19H,2-5H2,1H3,(H,16,17). The number of piperazine rings is 1. The fourth-order valence-electron chi connectivity index (χ4n) is 2.35. The van der Waals surface area contributed by atoms with Crippen LogP contribution in [0.1, 0.15) is 15.9 Å². The van der Waals surface area contributed by atoms with Crippen LogP contribution in [0.5, 0.6) is 0 Å². The van der Waals surface area contributed by atoms with E-state index in [1.165, 1.54) is 6.07 Å². The minimum absolute atomic E-state index is 0.0715. The molecule has 0 unspecified atom stereocenters. The molecule has 2 rings (SSSR count).